The number of benzene rings is 1. The van der Waals surface area contributed by atoms with E-state index in [2.05, 4.69) is 14.2 Å². The second kappa shape index (κ2) is 7.52. The summed E-state index contributed by atoms with van der Waals surface area (Å²) in [6, 6.07) is 2.92. The number of carbonyl (C=O) groups excluding carboxylic acids is 2. The Kier molecular flexibility index (Phi) is 6.29. The van der Waals surface area contributed by atoms with Gasteiger partial charge >= 0.3 is 21.6 Å². The third kappa shape index (κ3) is 5.35. The van der Waals surface area contributed by atoms with Crippen molar-refractivity contribution in [3.05, 3.63) is 29.8 Å². The van der Waals surface area contributed by atoms with Crippen LogP contribution in [0.25, 0.3) is 0 Å². The van der Waals surface area contributed by atoms with E-state index >= 15 is 0 Å². The Hall–Kier alpha value is -2.30. The molecule has 0 heterocycles. The van der Waals surface area contributed by atoms with Crippen molar-refractivity contribution in [3.8, 4) is 5.75 Å². The minimum Gasteiger partial charge on any atom is -0.467 e. The van der Waals surface area contributed by atoms with Crippen molar-refractivity contribution < 1.29 is 40.1 Å². The van der Waals surface area contributed by atoms with Gasteiger partial charge in [-0.05, 0) is 17.7 Å². The summed E-state index contributed by atoms with van der Waals surface area (Å²) in [5, 5.41) is 2.46. The number of hydrogen-bond donors (Lipinski definition) is 1. The molecule has 0 aliphatic heterocycles. The minimum atomic E-state index is -5.80. The third-order valence-corrected chi connectivity index (χ3v) is 4.08. The predicted octanol–water partition coefficient (Wildman–Crippen LogP) is 2.29. The van der Waals surface area contributed by atoms with E-state index in [9.17, 15) is 31.2 Å². The molecule has 0 aliphatic rings. The van der Waals surface area contributed by atoms with Crippen molar-refractivity contribution in [1.82, 2.24) is 5.32 Å². The molecule has 0 fully saturated rings. The van der Waals surface area contributed by atoms with E-state index in [1.807, 2.05) is 0 Å². The summed E-state index contributed by atoms with van der Waals surface area (Å²) in [7, 11) is -4.70. The monoisotopic (exact) mass is 397 g/mol. The van der Waals surface area contributed by atoms with Gasteiger partial charge in [0, 0.05) is 5.41 Å². The van der Waals surface area contributed by atoms with Crippen LogP contribution in [0, 0.1) is 5.41 Å². The maximum Gasteiger partial charge on any atom is 0.534 e. The molecular weight excluding hydrogens is 379 g/mol. The van der Waals surface area contributed by atoms with Crippen molar-refractivity contribution in [2.45, 2.75) is 32.3 Å². The number of esters is 1. The van der Waals surface area contributed by atoms with Crippen LogP contribution in [0.3, 0.4) is 0 Å². The van der Waals surface area contributed by atoms with Crippen LogP contribution in [0.5, 0.6) is 5.75 Å². The van der Waals surface area contributed by atoms with E-state index in [0.717, 1.165) is 31.4 Å². The normalized spacial score (nSPS) is 13.7. The molecule has 1 aromatic carbocycles. The second-order valence-electron chi connectivity index (χ2n) is 6.23. The van der Waals surface area contributed by atoms with E-state index in [1.54, 1.807) is 20.8 Å². The molecule has 0 saturated carbocycles. The van der Waals surface area contributed by atoms with Gasteiger partial charge in [-0.2, -0.15) is 21.6 Å². The average molecular weight is 397 g/mol. The number of amides is 1. The van der Waals surface area contributed by atoms with Crippen LogP contribution in [0.2, 0.25) is 0 Å². The highest BCUT2D eigenvalue weighted by Crippen LogP contribution is 2.28. The van der Waals surface area contributed by atoms with Crippen LogP contribution >= 0.6 is 0 Å². The lowest BCUT2D eigenvalue weighted by atomic mass is 9.94. The molecule has 1 aromatic rings. The van der Waals surface area contributed by atoms with E-state index in [1.165, 1.54) is 0 Å². The third-order valence-electron chi connectivity index (χ3n) is 3.10. The van der Waals surface area contributed by atoms with Crippen molar-refractivity contribution in [2.24, 2.45) is 5.41 Å². The average Bonchev–Trinajstić information content (AvgIpc) is 2.50. The first-order valence-corrected chi connectivity index (χ1v) is 8.59. The maximum absolute atomic E-state index is 12.3. The number of carbonyl (C=O) groups is 2. The highest BCUT2D eigenvalue weighted by atomic mass is 32.2. The van der Waals surface area contributed by atoms with Crippen LogP contribution in [-0.2, 0) is 24.4 Å². The fourth-order valence-electron chi connectivity index (χ4n) is 1.63. The number of hydrogen-bond acceptors (Lipinski definition) is 6. The molecule has 26 heavy (non-hydrogen) atoms. The van der Waals surface area contributed by atoms with Crippen LogP contribution < -0.4 is 9.50 Å². The highest BCUT2D eigenvalue weighted by Gasteiger charge is 2.48. The smallest absolute Gasteiger partial charge is 0.467 e. The molecule has 11 heteroatoms. The molecule has 0 unspecified atom stereocenters. The molecule has 0 aliphatic carbocycles. The highest BCUT2D eigenvalue weighted by molar-refractivity contribution is 7.88. The molecule has 1 atom stereocenters. The van der Waals surface area contributed by atoms with Gasteiger partial charge in [0.1, 0.15) is 5.75 Å². The maximum atomic E-state index is 12.3. The van der Waals surface area contributed by atoms with E-state index in [-0.39, 0.29) is 5.56 Å². The zero-order valence-electron chi connectivity index (χ0n) is 14.4. The minimum absolute atomic E-state index is 0.172. The Morgan fingerprint density at radius 3 is 1.96 bits per heavy atom. The van der Waals surface area contributed by atoms with Gasteiger partial charge in [-0.15, -0.1) is 0 Å². The Morgan fingerprint density at radius 1 is 1.08 bits per heavy atom. The number of rotatable bonds is 5. The van der Waals surface area contributed by atoms with E-state index in [4.69, 9.17) is 0 Å². The Bertz CT molecular complexity index is 766. The second-order valence-corrected chi connectivity index (χ2v) is 7.77. The van der Waals surface area contributed by atoms with Gasteiger partial charge in [-0.25, -0.2) is 4.79 Å². The van der Waals surface area contributed by atoms with Gasteiger partial charge < -0.3 is 14.2 Å². The quantitative estimate of drug-likeness (QED) is 0.465. The van der Waals surface area contributed by atoms with Crippen molar-refractivity contribution in [1.29, 1.82) is 0 Å². The summed E-state index contributed by atoms with van der Waals surface area (Å²) in [5.41, 5.74) is -6.21. The van der Waals surface area contributed by atoms with Gasteiger partial charge in [-0.1, -0.05) is 32.9 Å². The van der Waals surface area contributed by atoms with Crippen molar-refractivity contribution in [3.63, 3.8) is 0 Å². The Balaban J connectivity index is 3.08. The fraction of sp³-hybridized carbons (Fsp3) is 0.467. The summed E-state index contributed by atoms with van der Waals surface area (Å²) in [4.78, 5) is 24.0. The van der Waals surface area contributed by atoms with Gasteiger partial charge in [0.05, 0.1) is 7.11 Å². The first-order valence-electron chi connectivity index (χ1n) is 7.18. The Labute approximate surface area is 148 Å². The van der Waals surface area contributed by atoms with Gasteiger partial charge in [0.25, 0.3) is 0 Å². The molecule has 7 nitrogen and oxygen atoms in total. The van der Waals surface area contributed by atoms with Gasteiger partial charge in [0.15, 0.2) is 6.04 Å². The summed E-state index contributed by atoms with van der Waals surface area (Å²) >= 11 is 0. The van der Waals surface area contributed by atoms with Crippen molar-refractivity contribution >= 4 is 22.0 Å². The molecule has 146 valence electrons. The molecule has 1 amide bonds. The van der Waals surface area contributed by atoms with Crippen LogP contribution in [0.15, 0.2) is 24.3 Å². The van der Waals surface area contributed by atoms with Crippen LogP contribution in [0.4, 0.5) is 13.2 Å². The van der Waals surface area contributed by atoms with Crippen LogP contribution in [0.1, 0.15) is 32.4 Å². The SMILES string of the molecule is COC(=O)[C@H](NC(=O)C(C)(C)C)c1ccc(OS(=O)(=O)C(F)(F)F)cc1. The zero-order chi connectivity index (χ0) is 20.3. The number of nitrogens with one attached hydrogen (secondary N) is 1. The molecule has 0 spiro atoms. The lowest BCUT2D eigenvalue weighted by molar-refractivity contribution is -0.146. The molecule has 1 rings (SSSR count). The van der Waals surface area contributed by atoms with Crippen LogP contribution in [-0.4, -0.2) is 32.9 Å². The first kappa shape index (κ1) is 21.7. The predicted molar refractivity (Wildman–Crippen MR) is 84.4 cm³/mol. The van der Waals surface area contributed by atoms with Crippen molar-refractivity contribution in [2.75, 3.05) is 7.11 Å². The molecule has 0 aromatic heterocycles. The lowest BCUT2D eigenvalue weighted by Gasteiger charge is -2.23. The summed E-state index contributed by atoms with van der Waals surface area (Å²) < 4.78 is 67.5. The fourth-order valence-corrected chi connectivity index (χ4v) is 2.09. The summed E-state index contributed by atoms with van der Waals surface area (Å²) in [6.45, 7) is 4.86. The Morgan fingerprint density at radius 2 is 1.58 bits per heavy atom. The molecule has 1 N–H and O–H groups in total. The first-order chi connectivity index (χ1) is 11.7. The summed E-state index contributed by atoms with van der Waals surface area (Å²) in [6.07, 6.45) is 0. The lowest BCUT2D eigenvalue weighted by Crippen LogP contribution is -2.40. The molecular formula is C15H18F3NO6S. The molecule has 0 radical (unpaired) electrons. The summed E-state index contributed by atoms with van der Waals surface area (Å²) in [5.74, 6) is -1.87. The molecule has 0 saturated heterocycles. The number of ether oxygens (including phenoxy) is 1. The van der Waals surface area contributed by atoms with Gasteiger partial charge in [0.2, 0.25) is 5.91 Å². The standard InChI is InChI=1S/C15H18F3NO6S/c1-14(2,3)13(21)19-11(12(20)24-4)9-5-7-10(8-6-9)25-26(22,23)15(16,17)18/h5-8,11H,1-4H3,(H,19,21)/t11-/m1/s1. The van der Waals surface area contributed by atoms with E-state index < -0.39 is 44.7 Å². The topological polar surface area (TPSA) is 98.8 Å². The van der Waals surface area contributed by atoms with Gasteiger partial charge in [-0.3, -0.25) is 4.79 Å². The number of halogens is 3. The zero-order valence-corrected chi connectivity index (χ0v) is 15.2. The molecule has 0 bridgehead atoms. The number of methoxy groups -OCH3 is 1. The number of alkyl halides is 3. The largest absolute Gasteiger partial charge is 0.534 e. The van der Waals surface area contributed by atoms with E-state index in [0.29, 0.717) is 0 Å².